The van der Waals surface area contributed by atoms with Crippen LogP contribution in [-0.4, -0.2) is 26.1 Å². The highest BCUT2D eigenvalue weighted by Gasteiger charge is 2.11. The fourth-order valence-corrected chi connectivity index (χ4v) is 1.18. The van der Waals surface area contributed by atoms with Gasteiger partial charge in [0.2, 0.25) is 0 Å². The third kappa shape index (κ3) is 2.36. The Morgan fingerprint density at radius 2 is 2.29 bits per heavy atom. The molecular weight excluding hydrogens is 227 g/mol. The summed E-state index contributed by atoms with van der Waals surface area (Å²) in [4.78, 5) is 12.8. The lowest BCUT2D eigenvalue weighted by Gasteiger charge is -2.02. The fraction of sp³-hybridized carbons (Fsp3) is 0.111. The predicted molar refractivity (Wildman–Crippen MR) is 57.6 cm³/mol. The average Bonchev–Trinajstić information content (AvgIpc) is 2.68. The summed E-state index contributed by atoms with van der Waals surface area (Å²) in [5, 5.41) is 13.2. The van der Waals surface area contributed by atoms with Crippen LogP contribution in [0.2, 0.25) is 0 Å². The first-order valence-electron chi connectivity index (χ1n) is 4.66. The van der Waals surface area contributed by atoms with Gasteiger partial charge in [-0.2, -0.15) is 4.80 Å². The van der Waals surface area contributed by atoms with Crippen molar-refractivity contribution in [3.8, 4) is 0 Å². The highest BCUT2D eigenvalue weighted by atomic mass is 19.1. The van der Waals surface area contributed by atoms with Crippen molar-refractivity contribution in [2.75, 3.05) is 11.1 Å². The Hall–Kier alpha value is -2.51. The molecule has 7 nitrogen and oxygen atoms in total. The largest absolute Gasteiger partial charge is 0.396 e. The smallest absolute Gasteiger partial charge is 0.270 e. The molecule has 0 saturated carbocycles. The summed E-state index contributed by atoms with van der Waals surface area (Å²) >= 11 is 0. The number of halogens is 1. The van der Waals surface area contributed by atoms with Crippen LogP contribution < -0.4 is 11.1 Å². The number of aromatic nitrogens is 4. The summed E-state index contributed by atoms with van der Waals surface area (Å²) in [5.74, 6) is -1.13. The molecular formula is C9H9FN6O. The number of carbonyl (C=O) groups excluding carboxylic acids is 1. The lowest BCUT2D eigenvalue weighted by atomic mass is 10.2. The van der Waals surface area contributed by atoms with Crippen molar-refractivity contribution < 1.29 is 9.18 Å². The molecule has 0 aliphatic heterocycles. The van der Waals surface area contributed by atoms with Gasteiger partial charge in [0.1, 0.15) is 5.82 Å². The van der Waals surface area contributed by atoms with Crippen molar-refractivity contribution in [3.05, 3.63) is 29.6 Å². The van der Waals surface area contributed by atoms with Crippen molar-refractivity contribution in [1.29, 1.82) is 0 Å². The maximum atomic E-state index is 13.1. The maximum Gasteiger partial charge on any atom is 0.270 e. The van der Waals surface area contributed by atoms with Crippen LogP contribution in [0.25, 0.3) is 0 Å². The number of tetrazole rings is 1. The van der Waals surface area contributed by atoms with E-state index < -0.39 is 11.7 Å². The number of hydrogen-bond donors (Lipinski definition) is 2. The number of carbonyl (C=O) groups is 1. The van der Waals surface area contributed by atoms with Gasteiger partial charge in [-0.25, -0.2) is 4.39 Å². The summed E-state index contributed by atoms with van der Waals surface area (Å²) in [6.07, 6.45) is 0. The van der Waals surface area contributed by atoms with E-state index in [1.807, 2.05) is 0 Å². The zero-order valence-electron chi connectivity index (χ0n) is 8.88. The van der Waals surface area contributed by atoms with E-state index in [9.17, 15) is 9.18 Å². The van der Waals surface area contributed by atoms with Gasteiger partial charge in [-0.3, -0.25) is 10.1 Å². The summed E-state index contributed by atoms with van der Waals surface area (Å²) in [5.41, 5.74) is 5.41. The molecule has 0 spiro atoms. The van der Waals surface area contributed by atoms with E-state index in [0.717, 1.165) is 6.07 Å². The second kappa shape index (κ2) is 4.16. The maximum absolute atomic E-state index is 13.1. The lowest BCUT2D eigenvalue weighted by Crippen LogP contribution is -2.13. The first kappa shape index (κ1) is 11.0. The number of amides is 1. The SMILES string of the molecule is Cn1nnc(NC(=O)c2ccc(N)c(F)c2)n1. The van der Waals surface area contributed by atoms with E-state index in [2.05, 4.69) is 20.7 Å². The molecule has 0 aliphatic rings. The van der Waals surface area contributed by atoms with Crippen molar-refractivity contribution in [2.24, 2.45) is 7.05 Å². The standard InChI is InChI=1S/C9H9FN6O/c1-16-14-9(13-15-16)12-8(17)5-2-3-7(11)6(10)4-5/h2-4H,11H2,1H3,(H,12,14,17). The minimum atomic E-state index is -0.648. The number of nitrogen functional groups attached to an aromatic ring is 1. The van der Waals surface area contributed by atoms with Gasteiger partial charge >= 0.3 is 0 Å². The highest BCUT2D eigenvalue weighted by molar-refractivity contribution is 6.03. The molecule has 8 heteroatoms. The van der Waals surface area contributed by atoms with Crippen LogP contribution >= 0.6 is 0 Å². The molecule has 1 aromatic heterocycles. The van der Waals surface area contributed by atoms with E-state index in [-0.39, 0.29) is 17.2 Å². The number of rotatable bonds is 2. The number of benzene rings is 1. The van der Waals surface area contributed by atoms with Crippen LogP contribution in [0.4, 0.5) is 16.0 Å². The second-order valence-corrected chi connectivity index (χ2v) is 3.29. The zero-order valence-corrected chi connectivity index (χ0v) is 8.88. The summed E-state index contributed by atoms with van der Waals surface area (Å²) < 4.78 is 13.1. The molecule has 0 unspecified atom stereocenters. The number of anilines is 2. The average molecular weight is 236 g/mol. The molecule has 88 valence electrons. The Labute approximate surface area is 95.4 Å². The van der Waals surface area contributed by atoms with Gasteiger partial charge in [-0.1, -0.05) is 5.10 Å². The molecule has 1 amide bonds. The number of hydrogen-bond acceptors (Lipinski definition) is 5. The van der Waals surface area contributed by atoms with Crippen molar-refractivity contribution in [2.45, 2.75) is 0 Å². The van der Waals surface area contributed by atoms with Crippen LogP contribution in [0.15, 0.2) is 18.2 Å². The van der Waals surface area contributed by atoms with E-state index in [0.29, 0.717) is 0 Å². The van der Waals surface area contributed by atoms with Gasteiger partial charge in [-0.15, -0.1) is 5.10 Å². The van der Waals surface area contributed by atoms with Crippen molar-refractivity contribution >= 4 is 17.5 Å². The molecule has 0 fully saturated rings. The van der Waals surface area contributed by atoms with Gasteiger partial charge < -0.3 is 5.73 Å². The molecule has 1 heterocycles. The van der Waals surface area contributed by atoms with Crippen molar-refractivity contribution in [1.82, 2.24) is 20.2 Å². The molecule has 0 saturated heterocycles. The Morgan fingerprint density at radius 3 is 2.88 bits per heavy atom. The minimum Gasteiger partial charge on any atom is -0.396 e. The molecule has 2 rings (SSSR count). The molecule has 0 bridgehead atoms. The number of nitrogens with two attached hydrogens (primary N) is 1. The van der Waals surface area contributed by atoms with Crippen LogP contribution in [0.5, 0.6) is 0 Å². The Morgan fingerprint density at radius 1 is 1.53 bits per heavy atom. The summed E-state index contributed by atoms with van der Waals surface area (Å²) in [7, 11) is 1.56. The van der Waals surface area contributed by atoms with E-state index in [1.54, 1.807) is 7.05 Å². The molecule has 3 N–H and O–H groups in total. The fourth-order valence-electron chi connectivity index (χ4n) is 1.18. The molecule has 0 atom stereocenters. The molecule has 1 aromatic carbocycles. The molecule has 0 aliphatic carbocycles. The molecule has 17 heavy (non-hydrogen) atoms. The van der Waals surface area contributed by atoms with Crippen LogP contribution in [-0.2, 0) is 7.05 Å². The van der Waals surface area contributed by atoms with Crippen LogP contribution in [0.3, 0.4) is 0 Å². The third-order valence-corrected chi connectivity index (χ3v) is 2.00. The summed E-state index contributed by atoms with van der Waals surface area (Å²) in [6, 6.07) is 3.76. The summed E-state index contributed by atoms with van der Waals surface area (Å²) in [6.45, 7) is 0. The topological polar surface area (TPSA) is 98.7 Å². The predicted octanol–water partition coefficient (Wildman–Crippen LogP) is 0.184. The normalized spacial score (nSPS) is 10.2. The monoisotopic (exact) mass is 236 g/mol. The minimum absolute atomic E-state index is 0.0147. The third-order valence-electron chi connectivity index (χ3n) is 2.00. The lowest BCUT2D eigenvalue weighted by molar-refractivity contribution is 0.102. The van der Waals surface area contributed by atoms with Gasteiger partial charge in [0.15, 0.2) is 0 Å². The molecule has 2 aromatic rings. The molecule has 0 radical (unpaired) electrons. The number of nitrogens with zero attached hydrogens (tertiary/aromatic N) is 4. The van der Waals surface area contributed by atoms with Gasteiger partial charge in [-0.05, 0) is 23.4 Å². The van der Waals surface area contributed by atoms with Gasteiger partial charge in [0.05, 0.1) is 12.7 Å². The Kier molecular flexibility index (Phi) is 2.69. The van der Waals surface area contributed by atoms with Gasteiger partial charge in [0, 0.05) is 5.56 Å². The van der Waals surface area contributed by atoms with Crippen LogP contribution in [0.1, 0.15) is 10.4 Å². The number of nitrogens with one attached hydrogen (secondary N) is 1. The zero-order chi connectivity index (χ0) is 12.4. The Bertz CT molecular complexity index is 566. The van der Waals surface area contributed by atoms with Crippen molar-refractivity contribution in [3.63, 3.8) is 0 Å². The van der Waals surface area contributed by atoms with E-state index in [1.165, 1.54) is 16.9 Å². The Balaban J connectivity index is 2.17. The first-order chi connectivity index (χ1) is 8.06. The van der Waals surface area contributed by atoms with E-state index in [4.69, 9.17) is 5.73 Å². The first-order valence-corrected chi connectivity index (χ1v) is 4.66. The van der Waals surface area contributed by atoms with E-state index >= 15 is 0 Å². The second-order valence-electron chi connectivity index (χ2n) is 3.29. The highest BCUT2D eigenvalue weighted by Crippen LogP contribution is 2.12. The van der Waals surface area contributed by atoms with Crippen LogP contribution in [0, 0.1) is 5.82 Å². The van der Waals surface area contributed by atoms with Gasteiger partial charge in [0.25, 0.3) is 11.9 Å². The quantitative estimate of drug-likeness (QED) is 0.725. The number of aryl methyl sites for hydroxylation is 1.